The topological polar surface area (TPSA) is 144 Å². The van der Waals surface area contributed by atoms with Gasteiger partial charge in [0.05, 0.1) is 11.8 Å². The fourth-order valence-electron chi connectivity index (χ4n) is 3.74. The molecule has 0 unspecified atom stereocenters. The molecule has 164 valence electrons. The predicted molar refractivity (Wildman–Crippen MR) is 117 cm³/mol. The third-order valence-corrected chi connectivity index (χ3v) is 5.28. The molecule has 0 fully saturated rings. The van der Waals surface area contributed by atoms with Gasteiger partial charge >= 0.3 is 0 Å². The van der Waals surface area contributed by atoms with Gasteiger partial charge in [0, 0.05) is 54.2 Å². The number of nitrogens with zero attached hydrogens (tertiary/aromatic N) is 6. The average Bonchev–Trinajstić information content (AvgIpc) is 3.62. The third kappa shape index (κ3) is 3.87. The van der Waals surface area contributed by atoms with E-state index in [1.54, 1.807) is 36.9 Å². The number of aromatic amines is 1. The van der Waals surface area contributed by atoms with Gasteiger partial charge in [0.1, 0.15) is 29.7 Å². The normalized spacial score (nSPS) is 14.5. The molecule has 4 aromatic rings. The molecule has 5 heterocycles. The van der Waals surface area contributed by atoms with Gasteiger partial charge in [-0.1, -0.05) is 5.16 Å². The summed E-state index contributed by atoms with van der Waals surface area (Å²) in [6.07, 6.45) is 13.2. The summed E-state index contributed by atoms with van der Waals surface area (Å²) in [6, 6.07) is 1.73. The first-order valence-electron chi connectivity index (χ1n) is 10.1. The van der Waals surface area contributed by atoms with E-state index in [0.29, 0.717) is 34.8 Å². The summed E-state index contributed by atoms with van der Waals surface area (Å²) in [5.74, 6) is -0.433. The maximum Gasteiger partial charge on any atom is 0.273 e. The van der Waals surface area contributed by atoms with Crippen LogP contribution >= 0.6 is 0 Å². The quantitative estimate of drug-likeness (QED) is 0.435. The molecular weight excluding hydrogens is 424 g/mol. The molecule has 0 bridgehead atoms. The van der Waals surface area contributed by atoms with E-state index in [1.165, 1.54) is 23.4 Å². The van der Waals surface area contributed by atoms with Crippen LogP contribution in [0.5, 0.6) is 0 Å². The third-order valence-electron chi connectivity index (χ3n) is 5.28. The minimum atomic E-state index is -0.356. The molecule has 0 aromatic carbocycles. The second kappa shape index (κ2) is 8.46. The molecule has 0 saturated heterocycles. The van der Waals surface area contributed by atoms with Gasteiger partial charge in [-0.2, -0.15) is 5.10 Å². The molecule has 0 atom stereocenters. The number of H-pyrrole nitrogens is 1. The number of amides is 1. The number of carbonyl (C=O) groups is 2. The van der Waals surface area contributed by atoms with Crippen molar-refractivity contribution < 1.29 is 14.1 Å². The molecule has 1 amide bonds. The van der Waals surface area contributed by atoms with Gasteiger partial charge in [-0.25, -0.2) is 10.4 Å². The van der Waals surface area contributed by atoms with Crippen LogP contribution in [0.1, 0.15) is 33.9 Å². The number of aromatic nitrogens is 6. The van der Waals surface area contributed by atoms with E-state index in [1.807, 2.05) is 6.92 Å². The number of aryl methyl sites for hydroxylation is 1. The molecule has 33 heavy (non-hydrogen) atoms. The number of nitrogens with one attached hydrogen (secondary N) is 2. The van der Waals surface area contributed by atoms with Crippen molar-refractivity contribution in [2.75, 3.05) is 0 Å². The van der Waals surface area contributed by atoms with Crippen LogP contribution < -0.4 is 5.43 Å². The van der Waals surface area contributed by atoms with Crippen LogP contribution in [-0.4, -0.2) is 47.2 Å². The minimum Gasteiger partial charge on any atom is -0.364 e. The van der Waals surface area contributed by atoms with Crippen molar-refractivity contribution in [1.29, 1.82) is 0 Å². The largest absolute Gasteiger partial charge is 0.364 e. The highest BCUT2D eigenvalue weighted by Crippen LogP contribution is 2.32. The Hall–Kier alpha value is -4.67. The van der Waals surface area contributed by atoms with Crippen molar-refractivity contribution in [1.82, 2.24) is 35.1 Å². The zero-order chi connectivity index (χ0) is 22.8. The Morgan fingerprint density at radius 1 is 1.21 bits per heavy atom. The summed E-state index contributed by atoms with van der Waals surface area (Å²) >= 11 is 0. The summed E-state index contributed by atoms with van der Waals surface area (Å²) in [7, 11) is 0. The number of rotatable bonds is 6. The van der Waals surface area contributed by atoms with E-state index in [9.17, 15) is 9.59 Å². The van der Waals surface area contributed by atoms with Crippen LogP contribution in [0.2, 0.25) is 0 Å². The number of hydrogen-bond acceptors (Lipinski definition) is 8. The fraction of sp³-hybridized carbons (Fsp3) is 0.136. The van der Waals surface area contributed by atoms with Crippen molar-refractivity contribution in [2.45, 2.75) is 19.8 Å². The summed E-state index contributed by atoms with van der Waals surface area (Å²) < 4.78 is 6.52. The average molecular weight is 442 g/mol. The van der Waals surface area contributed by atoms with E-state index in [0.717, 1.165) is 16.8 Å². The van der Waals surface area contributed by atoms with E-state index < -0.39 is 0 Å². The molecule has 11 heteroatoms. The summed E-state index contributed by atoms with van der Waals surface area (Å²) in [6.45, 7) is 1.91. The van der Waals surface area contributed by atoms with Crippen molar-refractivity contribution in [3.63, 3.8) is 0 Å². The molecule has 0 radical (unpaired) electrons. The Balaban J connectivity index is 1.54. The highest BCUT2D eigenvalue weighted by Gasteiger charge is 2.27. The lowest BCUT2D eigenvalue weighted by molar-refractivity contribution is -0.116. The number of carbonyl (C=O) groups excluding carboxylic acids is 2. The Morgan fingerprint density at radius 3 is 2.85 bits per heavy atom. The van der Waals surface area contributed by atoms with Gasteiger partial charge in [-0.3, -0.25) is 24.1 Å². The van der Waals surface area contributed by atoms with Gasteiger partial charge in [-0.05, 0) is 25.0 Å². The Bertz CT molecular complexity index is 1370. The molecule has 0 aliphatic carbocycles. The van der Waals surface area contributed by atoms with E-state index in [4.69, 9.17) is 4.52 Å². The Morgan fingerprint density at radius 2 is 2.12 bits per heavy atom. The standard InChI is InChI=1S/C22H18N8O3/c1-13-14(2-3-19(31)30-8-7-24-12-30)20(16-4-9-33-29-16)17(26-13)10-15-21(27-28-22(15)32)18-11-23-5-6-25-18/h4-12,26H,2-3H2,1H3,(H,28,32). The van der Waals surface area contributed by atoms with E-state index in [-0.39, 0.29) is 18.2 Å². The first kappa shape index (κ1) is 20.2. The predicted octanol–water partition coefficient (Wildman–Crippen LogP) is 2.16. The van der Waals surface area contributed by atoms with Crippen LogP contribution in [0.3, 0.4) is 0 Å². The lowest BCUT2D eigenvalue weighted by atomic mass is 9.99. The molecular formula is C22H18N8O3. The lowest BCUT2D eigenvalue weighted by Crippen LogP contribution is -2.14. The minimum absolute atomic E-state index is 0.0775. The Labute approximate surface area is 187 Å². The van der Waals surface area contributed by atoms with Crippen LogP contribution in [-0.2, 0) is 11.2 Å². The monoisotopic (exact) mass is 442 g/mol. The summed E-state index contributed by atoms with van der Waals surface area (Å²) in [5, 5.41) is 8.21. The van der Waals surface area contributed by atoms with E-state index in [2.05, 4.69) is 35.6 Å². The van der Waals surface area contributed by atoms with Crippen LogP contribution in [0, 0.1) is 6.92 Å². The highest BCUT2D eigenvalue weighted by atomic mass is 16.5. The molecule has 4 aromatic heterocycles. The second-order valence-corrected chi connectivity index (χ2v) is 7.32. The van der Waals surface area contributed by atoms with E-state index >= 15 is 0 Å². The van der Waals surface area contributed by atoms with Crippen molar-refractivity contribution in [3.8, 4) is 11.3 Å². The number of hydrazone groups is 1. The van der Waals surface area contributed by atoms with Gasteiger partial charge in [-0.15, -0.1) is 0 Å². The maximum absolute atomic E-state index is 12.6. The van der Waals surface area contributed by atoms with Gasteiger partial charge in [0.25, 0.3) is 5.91 Å². The zero-order valence-corrected chi connectivity index (χ0v) is 17.5. The van der Waals surface area contributed by atoms with Crippen LogP contribution in [0.25, 0.3) is 17.3 Å². The molecule has 2 N–H and O–H groups in total. The fourth-order valence-corrected chi connectivity index (χ4v) is 3.74. The smallest absolute Gasteiger partial charge is 0.273 e. The first-order chi connectivity index (χ1) is 16.1. The summed E-state index contributed by atoms with van der Waals surface area (Å²) in [5.41, 5.74) is 7.43. The molecule has 0 spiro atoms. The zero-order valence-electron chi connectivity index (χ0n) is 17.5. The molecule has 1 aliphatic heterocycles. The molecule has 1 aliphatic rings. The SMILES string of the molecule is Cc1[nH]c(C=C2C(=O)NN=C2c2cnccn2)c(-c2ccon2)c1CCC(=O)n1ccnc1. The molecule has 5 rings (SSSR count). The highest BCUT2D eigenvalue weighted by molar-refractivity contribution is 6.32. The van der Waals surface area contributed by atoms with Crippen molar-refractivity contribution >= 4 is 23.6 Å². The van der Waals surface area contributed by atoms with Crippen LogP contribution in [0.15, 0.2) is 64.8 Å². The maximum atomic E-state index is 12.6. The number of imidazole rings is 1. The molecule has 11 nitrogen and oxygen atoms in total. The Kier molecular flexibility index (Phi) is 5.19. The number of hydrogen-bond donors (Lipinski definition) is 2. The van der Waals surface area contributed by atoms with Gasteiger partial charge in [0.15, 0.2) is 0 Å². The lowest BCUT2D eigenvalue weighted by Gasteiger charge is -2.05. The molecule has 0 saturated carbocycles. The first-order valence-corrected chi connectivity index (χ1v) is 10.1. The van der Waals surface area contributed by atoms with Gasteiger partial charge in [0.2, 0.25) is 5.91 Å². The second-order valence-electron chi connectivity index (χ2n) is 7.32. The van der Waals surface area contributed by atoms with Crippen LogP contribution in [0.4, 0.5) is 0 Å². The summed E-state index contributed by atoms with van der Waals surface area (Å²) in [4.78, 5) is 40.6. The van der Waals surface area contributed by atoms with Gasteiger partial charge < -0.3 is 9.51 Å². The van der Waals surface area contributed by atoms with Crippen molar-refractivity contribution in [2.24, 2.45) is 5.10 Å². The van der Waals surface area contributed by atoms with Crippen molar-refractivity contribution in [3.05, 3.63) is 77.9 Å².